The average molecular weight is 237 g/mol. The molecule has 0 unspecified atom stereocenters. The van der Waals surface area contributed by atoms with Crippen molar-refractivity contribution in [3.63, 3.8) is 0 Å². The van der Waals surface area contributed by atoms with E-state index in [1.54, 1.807) is 0 Å². The molecule has 2 rings (SSSR count). The molecule has 5 heteroatoms. The van der Waals surface area contributed by atoms with E-state index in [1.165, 1.54) is 6.33 Å². The van der Waals surface area contributed by atoms with Crippen LogP contribution < -0.4 is 10.1 Å². The van der Waals surface area contributed by atoms with Crippen LogP contribution in [-0.2, 0) is 4.74 Å². The average Bonchev–Trinajstić information content (AvgIpc) is 2.83. The number of aromatic nitrogens is 2. The van der Waals surface area contributed by atoms with E-state index >= 15 is 0 Å². The van der Waals surface area contributed by atoms with Crippen molar-refractivity contribution in [1.82, 2.24) is 9.97 Å². The zero-order valence-electron chi connectivity index (χ0n) is 10.3. The summed E-state index contributed by atoms with van der Waals surface area (Å²) < 4.78 is 10.7. The van der Waals surface area contributed by atoms with Crippen molar-refractivity contribution in [3.05, 3.63) is 12.4 Å². The van der Waals surface area contributed by atoms with Gasteiger partial charge in [-0.3, -0.25) is 0 Å². The van der Waals surface area contributed by atoms with Crippen molar-refractivity contribution >= 4 is 5.82 Å². The minimum atomic E-state index is 0.349. The Morgan fingerprint density at radius 1 is 1.59 bits per heavy atom. The third-order valence-corrected chi connectivity index (χ3v) is 2.98. The summed E-state index contributed by atoms with van der Waals surface area (Å²) in [6.45, 7) is 6.40. The second-order valence-electron chi connectivity index (χ2n) is 4.23. The van der Waals surface area contributed by atoms with Crippen molar-refractivity contribution in [2.45, 2.75) is 26.3 Å². The first-order valence-electron chi connectivity index (χ1n) is 6.08. The Kier molecular flexibility index (Phi) is 4.14. The molecule has 0 aromatic carbocycles. The molecular formula is C12H19N3O2. The van der Waals surface area contributed by atoms with E-state index in [0.29, 0.717) is 24.4 Å². The summed E-state index contributed by atoms with van der Waals surface area (Å²) in [5.41, 5.74) is 0. The van der Waals surface area contributed by atoms with Gasteiger partial charge in [0.2, 0.25) is 5.88 Å². The van der Waals surface area contributed by atoms with Crippen LogP contribution in [0.5, 0.6) is 5.88 Å². The number of nitrogens with zero attached hydrogens (tertiary/aromatic N) is 2. The molecule has 94 valence electrons. The number of anilines is 1. The molecule has 2 heterocycles. The monoisotopic (exact) mass is 237 g/mol. The molecule has 0 spiro atoms. The Bertz CT molecular complexity index is 353. The lowest BCUT2D eigenvalue weighted by atomic mass is 10.0. The Hall–Kier alpha value is -1.36. The van der Waals surface area contributed by atoms with Crippen LogP contribution in [0.15, 0.2) is 12.4 Å². The first kappa shape index (κ1) is 12.1. The van der Waals surface area contributed by atoms with Gasteiger partial charge in [0.25, 0.3) is 0 Å². The summed E-state index contributed by atoms with van der Waals surface area (Å²) in [6, 6.07) is 2.18. The van der Waals surface area contributed by atoms with Crippen molar-refractivity contribution < 1.29 is 9.47 Å². The van der Waals surface area contributed by atoms with Crippen LogP contribution in [0.4, 0.5) is 5.82 Å². The van der Waals surface area contributed by atoms with Gasteiger partial charge in [-0.05, 0) is 20.3 Å². The van der Waals surface area contributed by atoms with E-state index in [4.69, 9.17) is 9.47 Å². The molecular weight excluding hydrogens is 218 g/mol. The van der Waals surface area contributed by atoms with Crippen LogP contribution in [0.1, 0.15) is 20.3 Å². The van der Waals surface area contributed by atoms with Gasteiger partial charge in [-0.25, -0.2) is 9.97 Å². The third kappa shape index (κ3) is 3.30. The minimum absolute atomic E-state index is 0.349. The fourth-order valence-electron chi connectivity index (χ4n) is 1.94. The molecule has 1 aromatic heterocycles. The van der Waals surface area contributed by atoms with E-state index in [0.717, 1.165) is 25.5 Å². The van der Waals surface area contributed by atoms with Gasteiger partial charge >= 0.3 is 0 Å². The highest BCUT2D eigenvalue weighted by atomic mass is 16.5. The smallest absolute Gasteiger partial charge is 0.218 e. The van der Waals surface area contributed by atoms with Crippen molar-refractivity contribution in [3.8, 4) is 5.88 Å². The van der Waals surface area contributed by atoms with Crippen LogP contribution in [0, 0.1) is 5.92 Å². The molecule has 0 amide bonds. The largest absolute Gasteiger partial charge is 0.478 e. The first-order valence-corrected chi connectivity index (χ1v) is 6.08. The Labute approximate surface area is 102 Å². The molecule has 1 fully saturated rings. The minimum Gasteiger partial charge on any atom is -0.478 e. The summed E-state index contributed by atoms with van der Waals surface area (Å²) in [7, 11) is 0. The van der Waals surface area contributed by atoms with Crippen LogP contribution >= 0.6 is 0 Å². The number of hydrogen-bond donors (Lipinski definition) is 1. The predicted molar refractivity (Wildman–Crippen MR) is 65.2 cm³/mol. The molecule has 1 aromatic rings. The molecule has 0 saturated carbocycles. The highest BCUT2D eigenvalue weighted by Gasteiger charge is 2.22. The zero-order valence-corrected chi connectivity index (χ0v) is 10.3. The van der Waals surface area contributed by atoms with E-state index in [9.17, 15) is 0 Å². The van der Waals surface area contributed by atoms with Crippen molar-refractivity contribution in [1.29, 1.82) is 0 Å². The molecule has 1 aliphatic rings. The number of rotatable bonds is 5. The lowest BCUT2D eigenvalue weighted by Crippen LogP contribution is -2.26. The second kappa shape index (κ2) is 5.82. The fraction of sp³-hybridized carbons (Fsp3) is 0.667. The number of ether oxygens (including phenoxy) is 2. The lowest BCUT2D eigenvalue weighted by molar-refractivity contribution is 0.183. The van der Waals surface area contributed by atoms with Gasteiger partial charge in [-0.15, -0.1) is 0 Å². The predicted octanol–water partition coefficient (Wildman–Crippen LogP) is 1.71. The number of nitrogens with one attached hydrogen (secondary N) is 1. The summed E-state index contributed by atoms with van der Waals surface area (Å²) in [4.78, 5) is 8.23. The maximum Gasteiger partial charge on any atom is 0.218 e. The van der Waals surface area contributed by atoms with Gasteiger partial charge in [0.05, 0.1) is 13.2 Å². The summed E-state index contributed by atoms with van der Waals surface area (Å²) >= 11 is 0. The molecule has 5 nitrogen and oxygen atoms in total. The number of hydrogen-bond acceptors (Lipinski definition) is 5. The standard InChI is InChI=1S/C12H19N3O2/c1-3-17-12-6-11(13-8-14-12)15-9(2)10-4-5-16-7-10/h6,8-10H,3-5,7H2,1-2H3,(H,13,14,15)/t9-,10+/m1/s1. The van der Waals surface area contributed by atoms with Gasteiger partial charge < -0.3 is 14.8 Å². The van der Waals surface area contributed by atoms with E-state index in [-0.39, 0.29) is 0 Å². The van der Waals surface area contributed by atoms with E-state index in [1.807, 2.05) is 13.0 Å². The Balaban J connectivity index is 1.94. The summed E-state index contributed by atoms with van der Waals surface area (Å²) in [5, 5.41) is 3.37. The lowest BCUT2D eigenvalue weighted by Gasteiger charge is -2.19. The van der Waals surface area contributed by atoms with Crippen molar-refractivity contribution in [2.24, 2.45) is 5.92 Å². The molecule has 0 bridgehead atoms. The molecule has 1 N–H and O–H groups in total. The van der Waals surface area contributed by atoms with Crippen LogP contribution in [0.3, 0.4) is 0 Å². The highest BCUT2D eigenvalue weighted by molar-refractivity contribution is 5.38. The van der Waals surface area contributed by atoms with E-state index in [2.05, 4.69) is 22.2 Å². The fourth-order valence-corrected chi connectivity index (χ4v) is 1.94. The van der Waals surface area contributed by atoms with E-state index < -0.39 is 0 Å². The third-order valence-electron chi connectivity index (χ3n) is 2.98. The molecule has 2 atom stereocenters. The molecule has 0 aliphatic carbocycles. The Morgan fingerprint density at radius 2 is 2.47 bits per heavy atom. The maximum absolute atomic E-state index is 5.38. The normalized spacial score (nSPS) is 21.2. The topological polar surface area (TPSA) is 56.3 Å². The van der Waals surface area contributed by atoms with Gasteiger partial charge in [0.15, 0.2) is 0 Å². The van der Waals surface area contributed by atoms with Gasteiger partial charge in [0, 0.05) is 24.6 Å². The van der Waals surface area contributed by atoms with Crippen LogP contribution in [0.25, 0.3) is 0 Å². The zero-order chi connectivity index (χ0) is 12.1. The SMILES string of the molecule is CCOc1cc(N[C@H](C)[C@H]2CCOC2)ncn1. The summed E-state index contributed by atoms with van der Waals surface area (Å²) in [6.07, 6.45) is 2.63. The highest BCUT2D eigenvalue weighted by Crippen LogP contribution is 2.20. The van der Waals surface area contributed by atoms with Gasteiger partial charge in [-0.1, -0.05) is 0 Å². The van der Waals surface area contributed by atoms with Gasteiger partial charge in [-0.2, -0.15) is 0 Å². The Morgan fingerprint density at radius 3 is 3.18 bits per heavy atom. The quantitative estimate of drug-likeness (QED) is 0.845. The van der Waals surface area contributed by atoms with Crippen molar-refractivity contribution in [2.75, 3.05) is 25.1 Å². The van der Waals surface area contributed by atoms with Crippen LogP contribution in [0.2, 0.25) is 0 Å². The molecule has 1 aliphatic heterocycles. The summed E-state index contributed by atoms with van der Waals surface area (Å²) in [5.74, 6) is 1.98. The molecule has 17 heavy (non-hydrogen) atoms. The molecule has 0 radical (unpaired) electrons. The van der Waals surface area contributed by atoms with Crippen LogP contribution in [-0.4, -0.2) is 35.8 Å². The van der Waals surface area contributed by atoms with Gasteiger partial charge in [0.1, 0.15) is 12.1 Å². The second-order valence-corrected chi connectivity index (χ2v) is 4.23. The maximum atomic E-state index is 5.38. The molecule has 1 saturated heterocycles. The first-order chi connectivity index (χ1) is 8.29.